The lowest BCUT2D eigenvalue weighted by Crippen LogP contribution is -2.14. The third-order valence-corrected chi connectivity index (χ3v) is 2.93. The smallest absolute Gasteiger partial charge is 0.135 e. The molecule has 114 valence electrons. The van der Waals surface area contributed by atoms with Crippen LogP contribution < -0.4 is 10.6 Å². The van der Waals surface area contributed by atoms with Crippen LogP contribution in [0.1, 0.15) is 38.9 Å². The quantitative estimate of drug-likeness (QED) is 0.775. The molecule has 0 radical (unpaired) electrons. The average Bonchev–Trinajstić information content (AvgIpc) is 2.98. The summed E-state index contributed by atoms with van der Waals surface area (Å²) in [6, 6.07) is 1.95. The van der Waals surface area contributed by atoms with Gasteiger partial charge in [0.15, 0.2) is 0 Å². The van der Waals surface area contributed by atoms with Crippen LogP contribution in [0.5, 0.6) is 0 Å². The second-order valence-corrected chi connectivity index (χ2v) is 5.17. The van der Waals surface area contributed by atoms with E-state index in [1.165, 1.54) is 0 Å². The second kappa shape index (κ2) is 7.56. The van der Waals surface area contributed by atoms with Gasteiger partial charge in [0.2, 0.25) is 0 Å². The van der Waals surface area contributed by atoms with Crippen LogP contribution in [-0.4, -0.2) is 38.1 Å². The summed E-state index contributed by atoms with van der Waals surface area (Å²) in [7, 11) is 0. The topological polar surface area (TPSA) is 80.5 Å². The van der Waals surface area contributed by atoms with Gasteiger partial charge < -0.3 is 10.6 Å². The standard InChI is InChI=1S/C14H23N7/c1-4-5-15-12-10-13(19-14(18-12)11(2)3)16-6-8-21-9-7-17-20-21/h7,9-11H,4-6,8H2,1-3H3,(H2,15,16,18,19). The van der Waals surface area contributed by atoms with Gasteiger partial charge in [0.1, 0.15) is 17.5 Å². The molecule has 0 bridgehead atoms. The number of hydrogen-bond donors (Lipinski definition) is 2. The molecule has 0 aliphatic heterocycles. The molecular weight excluding hydrogens is 266 g/mol. The summed E-state index contributed by atoms with van der Waals surface area (Å²) in [5.41, 5.74) is 0. The fourth-order valence-corrected chi connectivity index (χ4v) is 1.81. The van der Waals surface area contributed by atoms with Crippen LogP contribution in [0, 0.1) is 0 Å². The summed E-state index contributed by atoms with van der Waals surface area (Å²) < 4.78 is 1.79. The van der Waals surface area contributed by atoms with E-state index in [0.717, 1.165) is 43.5 Å². The first kappa shape index (κ1) is 15.2. The summed E-state index contributed by atoms with van der Waals surface area (Å²) in [6.45, 7) is 8.72. The molecule has 2 aromatic heterocycles. The fraction of sp³-hybridized carbons (Fsp3) is 0.571. The molecule has 7 nitrogen and oxygen atoms in total. The molecular formula is C14H23N7. The molecule has 2 aromatic rings. The maximum atomic E-state index is 4.55. The Hall–Kier alpha value is -2.18. The number of rotatable bonds is 8. The highest BCUT2D eigenvalue weighted by Crippen LogP contribution is 2.16. The van der Waals surface area contributed by atoms with Crippen LogP contribution in [0.15, 0.2) is 18.5 Å². The van der Waals surface area contributed by atoms with E-state index in [9.17, 15) is 0 Å². The molecule has 7 heteroatoms. The van der Waals surface area contributed by atoms with Crippen molar-refractivity contribution in [3.63, 3.8) is 0 Å². The Kier molecular flexibility index (Phi) is 5.48. The Morgan fingerprint density at radius 3 is 2.43 bits per heavy atom. The first-order valence-electron chi connectivity index (χ1n) is 7.40. The summed E-state index contributed by atoms with van der Waals surface area (Å²) in [5.74, 6) is 2.86. The van der Waals surface area contributed by atoms with Gasteiger partial charge in [-0.2, -0.15) is 0 Å². The van der Waals surface area contributed by atoms with Gasteiger partial charge in [0, 0.05) is 31.3 Å². The molecule has 2 rings (SSSR count). The van der Waals surface area contributed by atoms with Crippen molar-refractivity contribution < 1.29 is 0 Å². The van der Waals surface area contributed by atoms with E-state index < -0.39 is 0 Å². The first-order chi connectivity index (χ1) is 10.2. The average molecular weight is 289 g/mol. The van der Waals surface area contributed by atoms with Crippen LogP contribution in [-0.2, 0) is 6.54 Å². The van der Waals surface area contributed by atoms with Crippen LogP contribution >= 0.6 is 0 Å². The predicted molar refractivity (Wildman–Crippen MR) is 83.4 cm³/mol. The second-order valence-electron chi connectivity index (χ2n) is 5.17. The summed E-state index contributed by atoms with van der Waals surface area (Å²) in [5, 5.41) is 14.3. The lowest BCUT2D eigenvalue weighted by atomic mass is 10.2. The van der Waals surface area contributed by atoms with E-state index in [1.807, 2.05) is 12.3 Å². The van der Waals surface area contributed by atoms with Crippen molar-refractivity contribution >= 4 is 11.6 Å². The van der Waals surface area contributed by atoms with Crippen molar-refractivity contribution in [1.29, 1.82) is 0 Å². The third kappa shape index (κ3) is 4.70. The molecule has 0 aromatic carbocycles. The predicted octanol–water partition coefficient (Wildman–Crippen LogP) is 2.13. The molecule has 21 heavy (non-hydrogen) atoms. The molecule has 0 fully saturated rings. The first-order valence-corrected chi connectivity index (χ1v) is 7.40. The Morgan fingerprint density at radius 2 is 1.86 bits per heavy atom. The monoisotopic (exact) mass is 289 g/mol. The summed E-state index contributed by atoms with van der Waals surface area (Å²) in [6.07, 6.45) is 4.58. The molecule has 2 heterocycles. The Balaban J connectivity index is 2.00. The van der Waals surface area contributed by atoms with Gasteiger partial charge in [0.05, 0.1) is 12.7 Å². The molecule has 0 saturated carbocycles. The number of anilines is 2. The normalized spacial score (nSPS) is 10.9. The molecule has 0 unspecified atom stereocenters. The Bertz CT molecular complexity index is 536. The minimum atomic E-state index is 0.296. The van der Waals surface area contributed by atoms with Crippen molar-refractivity contribution in [1.82, 2.24) is 25.0 Å². The van der Waals surface area contributed by atoms with Gasteiger partial charge in [-0.3, -0.25) is 4.68 Å². The zero-order valence-electron chi connectivity index (χ0n) is 12.9. The van der Waals surface area contributed by atoms with Crippen LogP contribution in [0.2, 0.25) is 0 Å². The van der Waals surface area contributed by atoms with E-state index in [0.29, 0.717) is 5.92 Å². The maximum Gasteiger partial charge on any atom is 0.135 e. The summed E-state index contributed by atoms with van der Waals surface area (Å²) in [4.78, 5) is 9.09. The van der Waals surface area contributed by atoms with Crippen molar-refractivity contribution in [2.75, 3.05) is 23.7 Å². The third-order valence-electron chi connectivity index (χ3n) is 2.93. The summed E-state index contributed by atoms with van der Waals surface area (Å²) >= 11 is 0. The Morgan fingerprint density at radius 1 is 1.14 bits per heavy atom. The lowest BCUT2D eigenvalue weighted by molar-refractivity contribution is 0.608. The molecule has 0 aliphatic rings. The highest BCUT2D eigenvalue weighted by molar-refractivity contribution is 5.47. The van der Waals surface area contributed by atoms with Crippen LogP contribution in [0.4, 0.5) is 11.6 Å². The van der Waals surface area contributed by atoms with Crippen molar-refractivity contribution in [3.05, 3.63) is 24.3 Å². The number of nitrogens with one attached hydrogen (secondary N) is 2. The Labute approximate surface area is 125 Å². The minimum Gasteiger partial charge on any atom is -0.370 e. The number of hydrogen-bond acceptors (Lipinski definition) is 6. The minimum absolute atomic E-state index is 0.296. The zero-order chi connectivity index (χ0) is 15.1. The molecule has 0 atom stereocenters. The largest absolute Gasteiger partial charge is 0.370 e. The molecule has 0 spiro atoms. The fourth-order valence-electron chi connectivity index (χ4n) is 1.81. The van der Waals surface area contributed by atoms with Gasteiger partial charge in [-0.25, -0.2) is 9.97 Å². The lowest BCUT2D eigenvalue weighted by Gasteiger charge is -2.12. The number of nitrogens with zero attached hydrogens (tertiary/aromatic N) is 5. The van der Waals surface area contributed by atoms with E-state index in [1.54, 1.807) is 10.9 Å². The SMILES string of the molecule is CCCNc1cc(NCCn2ccnn2)nc(C(C)C)n1. The highest BCUT2D eigenvalue weighted by atomic mass is 15.4. The van der Waals surface area contributed by atoms with E-state index in [2.05, 4.69) is 51.7 Å². The van der Waals surface area contributed by atoms with Crippen molar-refractivity contribution in [2.24, 2.45) is 0 Å². The van der Waals surface area contributed by atoms with Crippen LogP contribution in [0.25, 0.3) is 0 Å². The zero-order valence-corrected chi connectivity index (χ0v) is 12.9. The molecule has 0 amide bonds. The van der Waals surface area contributed by atoms with Gasteiger partial charge in [0.25, 0.3) is 0 Å². The number of aromatic nitrogens is 5. The van der Waals surface area contributed by atoms with Crippen LogP contribution in [0.3, 0.4) is 0 Å². The van der Waals surface area contributed by atoms with Crippen molar-refractivity contribution in [3.8, 4) is 0 Å². The van der Waals surface area contributed by atoms with Gasteiger partial charge in [-0.15, -0.1) is 5.10 Å². The molecule has 0 saturated heterocycles. The van der Waals surface area contributed by atoms with E-state index in [-0.39, 0.29) is 0 Å². The highest BCUT2D eigenvalue weighted by Gasteiger charge is 2.07. The molecule has 0 aliphatic carbocycles. The van der Waals surface area contributed by atoms with Gasteiger partial charge in [-0.05, 0) is 6.42 Å². The van der Waals surface area contributed by atoms with Gasteiger partial charge in [-0.1, -0.05) is 26.0 Å². The van der Waals surface area contributed by atoms with E-state index in [4.69, 9.17) is 0 Å². The van der Waals surface area contributed by atoms with E-state index >= 15 is 0 Å². The molecule has 2 N–H and O–H groups in total. The van der Waals surface area contributed by atoms with Gasteiger partial charge >= 0.3 is 0 Å². The maximum absolute atomic E-state index is 4.55. The van der Waals surface area contributed by atoms with Crippen molar-refractivity contribution in [2.45, 2.75) is 39.7 Å².